The molecular weight excluding hydrogens is 526 g/mol. The third-order valence-corrected chi connectivity index (χ3v) is 13.4. The topological polar surface area (TPSA) is 88.8 Å². The van der Waals surface area contributed by atoms with Gasteiger partial charge in [0.1, 0.15) is 5.76 Å². The predicted octanol–water partition coefficient (Wildman–Crippen LogP) is 4.94. The molecule has 39 heavy (non-hydrogen) atoms. The number of aryl methyl sites for hydroxylation is 1. The molecule has 0 amide bonds. The van der Waals surface area contributed by atoms with Crippen molar-refractivity contribution in [1.82, 2.24) is 4.72 Å². The van der Waals surface area contributed by atoms with E-state index in [1.807, 2.05) is 43.3 Å². The molecule has 4 aromatic rings. The molecule has 0 fully saturated rings. The Morgan fingerprint density at radius 1 is 0.872 bits per heavy atom. The van der Waals surface area contributed by atoms with Crippen LogP contribution in [0.3, 0.4) is 0 Å². The van der Waals surface area contributed by atoms with E-state index in [1.165, 1.54) is 6.26 Å². The maximum Gasteiger partial charge on any atom is 0.261 e. The van der Waals surface area contributed by atoms with Gasteiger partial charge >= 0.3 is 0 Å². The van der Waals surface area contributed by atoms with E-state index in [1.54, 1.807) is 36.4 Å². The summed E-state index contributed by atoms with van der Waals surface area (Å²) in [6.45, 7) is 8.46. The van der Waals surface area contributed by atoms with Gasteiger partial charge < -0.3 is 13.9 Å². The number of sulfonamides is 1. The Morgan fingerprint density at radius 2 is 1.44 bits per heavy atom. The minimum atomic E-state index is -3.85. The zero-order valence-corrected chi connectivity index (χ0v) is 24.7. The molecular formula is C31H37NO5SSi. The Bertz CT molecular complexity index is 1380. The molecule has 2 N–H and O–H groups in total. The van der Waals surface area contributed by atoms with Gasteiger partial charge in [-0.05, 0) is 53.0 Å². The molecule has 1 heterocycles. The highest BCUT2D eigenvalue weighted by Gasteiger charge is 2.50. The van der Waals surface area contributed by atoms with Crippen molar-refractivity contribution in [3.8, 4) is 0 Å². The van der Waals surface area contributed by atoms with Crippen molar-refractivity contribution < 1.29 is 22.4 Å². The van der Waals surface area contributed by atoms with Gasteiger partial charge in [0.2, 0.25) is 10.0 Å². The summed E-state index contributed by atoms with van der Waals surface area (Å²) < 4.78 is 41.5. The van der Waals surface area contributed by atoms with Crippen LogP contribution in [0.2, 0.25) is 5.04 Å². The van der Waals surface area contributed by atoms with Gasteiger partial charge in [-0.2, -0.15) is 0 Å². The second kappa shape index (κ2) is 12.0. The minimum Gasteiger partial charge on any atom is -0.468 e. The third-order valence-electron chi connectivity index (χ3n) is 6.93. The van der Waals surface area contributed by atoms with Crippen LogP contribution < -0.4 is 15.1 Å². The summed E-state index contributed by atoms with van der Waals surface area (Å²) in [5.41, 5.74) is 0.965. The first kappa shape index (κ1) is 29.0. The molecule has 0 bridgehead atoms. The van der Waals surface area contributed by atoms with E-state index < -0.39 is 30.5 Å². The van der Waals surface area contributed by atoms with E-state index >= 15 is 0 Å². The van der Waals surface area contributed by atoms with Crippen LogP contribution in [0.4, 0.5) is 0 Å². The Balaban J connectivity index is 1.60. The molecule has 4 rings (SSSR count). The van der Waals surface area contributed by atoms with E-state index in [4.69, 9.17) is 8.84 Å². The zero-order valence-electron chi connectivity index (χ0n) is 22.9. The highest BCUT2D eigenvalue weighted by Crippen LogP contribution is 2.37. The second-order valence-corrected chi connectivity index (χ2v) is 16.9. The van der Waals surface area contributed by atoms with Crippen molar-refractivity contribution in [1.29, 1.82) is 0 Å². The van der Waals surface area contributed by atoms with Gasteiger partial charge in [0.05, 0.1) is 29.9 Å². The summed E-state index contributed by atoms with van der Waals surface area (Å²) in [5.74, 6) is 0.426. The number of nitrogens with one attached hydrogen (secondary N) is 1. The second-order valence-electron chi connectivity index (χ2n) is 10.9. The SMILES string of the molecule is Cc1ccc(S(=O)(=O)N[C@@H](C[C@@H](O)CO[Si](c2ccccc2)(c2ccccc2)C(C)(C)C)c2ccco2)cc1. The van der Waals surface area contributed by atoms with E-state index in [0.717, 1.165) is 15.9 Å². The lowest BCUT2D eigenvalue weighted by Gasteiger charge is -2.43. The van der Waals surface area contributed by atoms with Crippen LogP contribution in [-0.2, 0) is 14.4 Å². The maximum atomic E-state index is 13.2. The molecule has 0 saturated carbocycles. The first-order chi connectivity index (χ1) is 18.5. The highest BCUT2D eigenvalue weighted by molar-refractivity contribution is 7.89. The Kier molecular flexibility index (Phi) is 8.93. The van der Waals surface area contributed by atoms with Crippen LogP contribution in [0.1, 0.15) is 44.6 Å². The summed E-state index contributed by atoms with van der Waals surface area (Å²) in [4.78, 5) is 0.155. The van der Waals surface area contributed by atoms with Crippen LogP contribution >= 0.6 is 0 Å². The smallest absolute Gasteiger partial charge is 0.261 e. The van der Waals surface area contributed by atoms with Crippen molar-refractivity contribution in [2.75, 3.05) is 6.61 Å². The van der Waals surface area contributed by atoms with Crippen molar-refractivity contribution in [2.24, 2.45) is 0 Å². The molecule has 0 aliphatic heterocycles. The first-order valence-corrected chi connectivity index (χ1v) is 16.5. The summed E-state index contributed by atoms with van der Waals surface area (Å²) in [7, 11) is -6.71. The van der Waals surface area contributed by atoms with Gasteiger partial charge in [0, 0.05) is 0 Å². The quantitative estimate of drug-likeness (QED) is 0.253. The van der Waals surface area contributed by atoms with Crippen molar-refractivity contribution in [3.63, 3.8) is 0 Å². The van der Waals surface area contributed by atoms with E-state index in [9.17, 15) is 13.5 Å². The summed E-state index contributed by atoms with van der Waals surface area (Å²) in [6.07, 6.45) is 0.618. The van der Waals surface area contributed by atoms with Crippen molar-refractivity contribution in [3.05, 3.63) is 115 Å². The fourth-order valence-corrected chi connectivity index (χ4v) is 10.8. The Labute approximate surface area is 232 Å². The van der Waals surface area contributed by atoms with Crippen LogP contribution in [0.25, 0.3) is 0 Å². The normalized spacial score (nSPS) is 14.2. The van der Waals surface area contributed by atoms with Crippen LogP contribution in [-0.4, -0.2) is 34.6 Å². The van der Waals surface area contributed by atoms with Gasteiger partial charge in [-0.25, -0.2) is 13.1 Å². The van der Waals surface area contributed by atoms with Gasteiger partial charge in [0.25, 0.3) is 8.32 Å². The molecule has 0 unspecified atom stereocenters. The number of aliphatic hydroxyl groups excluding tert-OH is 1. The standard InChI is InChI=1S/C31H37NO5SSi/c1-24-17-19-26(20-18-24)38(34,35)32-29(30-16-11-21-36-30)22-25(33)23-37-39(31(2,3)4,27-12-7-5-8-13-27)28-14-9-6-10-15-28/h5-21,25,29,32-33H,22-23H2,1-4H3/t25-,29+/m1/s1. The molecule has 0 aliphatic rings. The van der Waals surface area contributed by atoms with E-state index in [2.05, 4.69) is 49.8 Å². The first-order valence-electron chi connectivity index (χ1n) is 13.1. The molecule has 206 valence electrons. The monoisotopic (exact) mass is 563 g/mol. The van der Waals surface area contributed by atoms with Gasteiger partial charge in [-0.15, -0.1) is 0 Å². The lowest BCUT2D eigenvalue weighted by atomic mass is 10.1. The fourth-order valence-electron chi connectivity index (χ4n) is 5.01. The van der Waals surface area contributed by atoms with Crippen LogP contribution in [0.5, 0.6) is 0 Å². The minimum absolute atomic E-state index is 0.0384. The van der Waals surface area contributed by atoms with Gasteiger partial charge in [0.15, 0.2) is 0 Å². The molecule has 8 heteroatoms. The number of rotatable bonds is 11. The fraction of sp³-hybridized carbons (Fsp3) is 0.290. The lowest BCUT2D eigenvalue weighted by Crippen LogP contribution is -2.67. The molecule has 6 nitrogen and oxygen atoms in total. The molecule has 2 atom stereocenters. The third kappa shape index (κ3) is 6.59. The summed E-state index contributed by atoms with van der Waals surface area (Å²) >= 11 is 0. The average molecular weight is 564 g/mol. The highest BCUT2D eigenvalue weighted by atomic mass is 32.2. The number of hydrogen-bond donors (Lipinski definition) is 2. The average Bonchev–Trinajstić information content (AvgIpc) is 3.45. The number of furan rings is 1. The molecule has 1 aromatic heterocycles. The van der Waals surface area contributed by atoms with Crippen LogP contribution in [0, 0.1) is 6.92 Å². The van der Waals surface area contributed by atoms with Gasteiger partial charge in [-0.1, -0.05) is 99.1 Å². The summed E-state index contributed by atoms with van der Waals surface area (Å²) in [5, 5.41) is 13.2. The maximum absolute atomic E-state index is 13.2. The Hall–Kier alpha value is -3.01. The number of hydrogen-bond acceptors (Lipinski definition) is 5. The van der Waals surface area contributed by atoms with Gasteiger partial charge in [-0.3, -0.25) is 0 Å². The number of benzene rings is 3. The molecule has 0 radical (unpaired) electrons. The lowest BCUT2D eigenvalue weighted by molar-refractivity contribution is 0.0856. The number of aliphatic hydroxyl groups is 1. The zero-order chi connectivity index (χ0) is 28.1. The molecule has 3 aromatic carbocycles. The van der Waals surface area contributed by atoms with E-state index in [-0.39, 0.29) is 23.0 Å². The summed E-state index contributed by atoms with van der Waals surface area (Å²) in [6, 6.07) is 29.7. The molecule has 0 spiro atoms. The largest absolute Gasteiger partial charge is 0.468 e. The van der Waals surface area contributed by atoms with Crippen molar-refractivity contribution in [2.45, 2.75) is 56.2 Å². The molecule has 0 aliphatic carbocycles. The predicted molar refractivity (Wildman–Crippen MR) is 157 cm³/mol. The van der Waals surface area contributed by atoms with E-state index in [0.29, 0.717) is 5.76 Å². The van der Waals surface area contributed by atoms with Crippen LogP contribution in [0.15, 0.2) is 113 Å². The van der Waals surface area contributed by atoms with Crippen molar-refractivity contribution >= 4 is 28.7 Å². The molecule has 0 saturated heterocycles. The Morgan fingerprint density at radius 3 is 1.92 bits per heavy atom.